The van der Waals surface area contributed by atoms with Gasteiger partial charge in [0, 0.05) is 25.2 Å². The van der Waals surface area contributed by atoms with Crippen molar-refractivity contribution < 1.29 is 14.7 Å². The van der Waals surface area contributed by atoms with Crippen molar-refractivity contribution in [3.63, 3.8) is 0 Å². The second-order valence-corrected chi connectivity index (χ2v) is 5.29. The first-order chi connectivity index (χ1) is 8.49. The van der Waals surface area contributed by atoms with Crippen LogP contribution < -0.4 is 5.32 Å². The summed E-state index contributed by atoms with van der Waals surface area (Å²) in [6.07, 6.45) is 3.31. The van der Waals surface area contributed by atoms with E-state index in [1.807, 2.05) is 0 Å². The smallest absolute Gasteiger partial charge is 0.325 e. The number of carboxylic acids is 1. The molecular formula is C12H21N3O3. The normalized spacial score (nSPS) is 29.8. The van der Waals surface area contributed by atoms with E-state index in [4.69, 9.17) is 5.11 Å². The molecule has 0 radical (unpaired) electrons. The highest BCUT2D eigenvalue weighted by molar-refractivity contribution is 5.82. The monoisotopic (exact) mass is 255 g/mol. The molecule has 2 fully saturated rings. The number of urea groups is 1. The highest BCUT2D eigenvalue weighted by atomic mass is 16.4. The first kappa shape index (κ1) is 13.1. The molecule has 6 heteroatoms. The fourth-order valence-corrected chi connectivity index (χ4v) is 2.83. The molecule has 0 aromatic carbocycles. The fraction of sp³-hybridized carbons (Fsp3) is 0.833. The minimum absolute atomic E-state index is 0.258. The van der Waals surface area contributed by atoms with Gasteiger partial charge in [-0.3, -0.25) is 9.69 Å². The van der Waals surface area contributed by atoms with E-state index in [1.165, 1.54) is 13.3 Å². The van der Waals surface area contributed by atoms with Crippen LogP contribution >= 0.6 is 0 Å². The molecule has 6 nitrogen and oxygen atoms in total. The van der Waals surface area contributed by atoms with Crippen molar-refractivity contribution in [3.8, 4) is 0 Å². The van der Waals surface area contributed by atoms with Gasteiger partial charge in [-0.25, -0.2) is 4.79 Å². The van der Waals surface area contributed by atoms with Gasteiger partial charge >= 0.3 is 12.0 Å². The van der Waals surface area contributed by atoms with Gasteiger partial charge in [0.25, 0.3) is 0 Å². The van der Waals surface area contributed by atoms with Gasteiger partial charge in [0.2, 0.25) is 0 Å². The highest BCUT2D eigenvalue weighted by Crippen LogP contribution is 2.28. The van der Waals surface area contributed by atoms with Crippen molar-refractivity contribution in [2.75, 3.05) is 20.1 Å². The molecule has 2 saturated heterocycles. The summed E-state index contributed by atoms with van der Waals surface area (Å²) in [6, 6.07) is -0.102. The van der Waals surface area contributed by atoms with E-state index in [0.717, 1.165) is 12.8 Å². The minimum atomic E-state index is -1.00. The molecule has 2 aliphatic rings. The Kier molecular flexibility index (Phi) is 3.75. The van der Waals surface area contributed by atoms with Crippen LogP contribution in [0.3, 0.4) is 0 Å². The van der Waals surface area contributed by atoms with Crippen LogP contribution in [0.5, 0.6) is 0 Å². The van der Waals surface area contributed by atoms with Crippen LogP contribution in [0.1, 0.15) is 26.2 Å². The molecule has 3 unspecified atom stereocenters. The number of carbonyl (C=O) groups is 2. The Balaban J connectivity index is 1.93. The number of aliphatic carboxylic acids is 1. The number of carboxylic acid groups (broad SMARTS) is 1. The van der Waals surface area contributed by atoms with Crippen molar-refractivity contribution in [1.82, 2.24) is 15.1 Å². The van der Waals surface area contributed by atoms with E-state index in [-0.39, 0.29) is 6.03 Å². The lowest BCUT2D eigenvalue weighted by atomic mass is 10.1. The zero-order valence-corrected chi connectivity index (χ0v) is 10.9. The number of amides is 2. The van der Waals surface area contributed by atoms with Gasteiger partial charge in [-0.05, 0) is 33.2 Å². The maximum atomic E-state index is 12.0. The largest absolute Gasteiger partial charge is 0.480 e. The number of likely N-dealkylation sites (N-methyl/N-ethyl adjacent to an activating group) is 1. The van der Waals surface area contributed by atoms with Crippen molar-refractivity contribution >= 4 is 12.0 Å². The number of nitrogens with zero attached hydrogens (tertiary/aromatic N) is 2. The van der Waals surface area contributed by atoms with Crippen LogP contribution in [-0.2, 0) is 4.79 Å². The Hall–Kier alpha value is -1.30. The molecule has 0 spiro atoms. The molecule has 102 valence electrons. The van der Waals surface area contributed by atoms with Crippen molar-refractivity contribution in [3.05, 3.63) is 0 Å². The number of likely N-dealkylation sites (tertiary alicyclic amines) is 1. The van der Waals surface area contributed by atoms with Crippen LogP contribution in [0.4, 0.5) is 4.79 Å². The molecule has 2 bridgehead atoms. The average Bonchev–Trinajstić information content (AvgIpc) is 2.52. The Morgan fingerprint density at radius 3 is 2.61 bits per heavy atom. The van der Waals surface area contributed by atoms with Crippen molar-refractivity contribution in [2.45, 2.75) is 44.3 Å². The Morgan fingerprint density at radius 2 is 1.94 bits per heavy atom. The minimum Gasteiger partial charge on any atom is -0.480 e. The van der Waals surface area contributed by atoms with Gasteiger partial charge in [0.15, 0.2) is 0 Å². The van der Waals surface area contributed by atoms with E-state index in [0.29, 0.717) is 25.2 Å². The summed E-state index contributed by atoms with van der Waals surface area (Å²) in [4.78, 5) is 26.8. The molecule has 0 aromatic heterocycles. The number of nitrogens with one attached hydrogen (secondary N) is 1. The first-order valence-corrected chi connectivity index (χ1v) is 6.49. The van der Waals surface area contributed by atoms with Gasteiger partial charge in [-0.2, -0.15) is 0 Å². The van der Waals surface area contributed by atoms with Gasteiger partial charge in [-0.1, -0.05) is 0 Å². The van der Waals surface area contributed by atoms with E-state index in [9.17, 15) is 9.59 Å². The molecule has 18 heavy (non-hydrogen) atoms. The zero-order chi connectivity index (χ0) is 13.3. The van der Waals surface area contributed by atoms with Crippen LogP contribution in [-0.4, -0.2) is 65.2 Å². The summed E-state index contributed by atoms with van der Waals surface area (Å²) in [5.41, 5.74) is 0. The van der Waals surface area contributed by atoms with E-state index in [2.05, 4.69) is 17.3 Å². The lowest BCUT2D eigenvalue weighted by Gasteiger charge is -2.26. The standard InChI is InChI=1S/C12H21N3O3/c1-8(11(16)17)13-12(18)15-6-5-9-3-4-10(7-15)14(9)2/h8-10H,3-7H2,1-2H3,(H,13,18)(H,16,17). The Morgan fingerprint density at radius 1 is 1.28 bits per heavy atom. The average molecular weight is 255 g/mol. The van der Waals surface area contributed by atoms with E-state index >= 15 is 0 Å². The zero-order valence-electron chi connectivity index (χ0n) is 10.9. The summed E-state index contributed by atoms with van der Waals surface area (Å²) in [6.45, 7) is 2.89. The van der Waals surface area contributed by atoms with Gasteiger partial charge in [0.1, 0.15) is 6.04 Å². The molecule has 2 N–H and O–H groups in total. The predicted molar refractivity (Wildman–Crippen MR) is 66.4 cm³/mol. The quantitative estimate of drug-likeness (QED) is 0.746. The van der Waals surface area contributed by atoms with E-state index < -0.39 is 12.0 Å². The third-order valence-electron chi connectivity index (χ3n) is 4.15. The molecule has 0 aliphatic carbocycles. The van der Waals surface area contributed by atoms with Crippen LogP contribution in [0.2, 0.25) is 0 Å². The van der Waals surface area contributed by atoms with Crippen LogP contribution in [0.15, 0.2) is 0 Å². The van der Waals surface area contributed by atoms with Crippen LogP contribution in [0, 0.1) is 0 Å². The maximum Gasteiger partial charge on any atom is 0.325 e. The first-order valence-electron chi connectivity index (χ1n) is 6.49. The fourth-order valence-electron chi connectivity index (χ4n) is 2.83. The summed E-state index contributed by atoms with van der Waals surface area (Å²) < 4.78 is 0. The van der Waals surface area contributed by atoms with Gasteiger partial charge in [-0.15, -0.1) is 0 Å². The van der Waals surface area contributed by atoms with Gasteiger partial charge < -0.3 is 15.3 Å². The van der Waals surface area contributed by atoms with Crippen molar-refractivity contribution in [1.29, 1.82) is 0 Å². The number of hydrogen-bond acceptors (Lipinski definition) is 3. The third-order valence-corrected chi connectivity index (χ3v) is 4.15. The Labute approximate surface area is 107 Å². The second kappa shape index (κ2) is 5.14. The number of rotatable bonds is 2. The molecule has 0 saturated carbocycles. The van der Waals surface area contributed by atoms with Crippen LogP contribution in [0.25, 0.3) is 0 Å². The number of hydrogen-bond donors (Lipinski definition) is 2. The number of carbonyl (C=O) groups excluding carboxylic acids is 1. The predicted octanol–water partition coefficient (Wildman–Crippen LogP) is 0.338. The lowest BCUT2D eigenvalue weighted by molar-refractivity contribution is -0.138. The summed E-state index contributed by atoms with van der Waals surface area (Å²) in [5.74, 6) is -1.00. The maximum absolute atomic E-state index is 12.0. The molecule has 2 heterocycles. The van der Waals surface area contributed by atoms with Gasteiger partial charge in [0.05, 0.1) is 0 Å². The number of fused-ring (bicyclic) bond motifs is 2. The molecular weight excluding hydrogens is 234 g/mol. The summed E-state index contributed by atoms with van der Waals surface area (Å²) in [5, 5.41) is 11.3. The summed E-state index contributed by atoms with van der Waals surface area (Å²) in [7, 11) is 2.11. The SMILES string of the molecule is CC(NC(=O)N1CCC2CCC(C1)N2C)C(=O)O. The lowest BCUT2D eigenvalue weighted by Crippen LogP contribution is -2.49. The highest BCUT2D eigenvalue weighted by Gasteiger charge is 2.36. The van der Waals surface area contributed by atoms with Crippen molar-refractivity contribution in [2.24, 2.45) is 0 Å². The Bertz CT molecular complexity index is 347. The molecule has 0 aromatic rings. The third kappa shape index (κ3) is 2.58. The molecule has 2 amide bonds. The topological polar surface area (TPSA) is 72.9 Å². The van der Waals surface area contributed by atoms with E-state index in [1.54, 1.807) is 4.90 Å². The second-order valence-electron chi connectivity index (χ2n) is 5.29. The molecule has 3 atom stereocenters. The summed E-state index contributed by atoms with van der Waals surface area (Å²) >= 11 is 0. The molecule has 2 aliphatic heterocycles. The molecule has 2 rings (SSSR count).